The lowest BCUT2D eigenvalue weighted by atomic mass is 10.1. The molecule has 0 aliphatic heterocycles. The molecule has 0 saturated carbocycles. The van der Waals surface area contributed by atoms with Crippen molar-refractivity contribution in [2.24, 2.45) is 0 Å². The Morgan fingerprint density at radius 3 is 2.37 bits per heavy atom. The Balaban J connectivity index is 2.52. The summed E-state index contributed by atoms with van der Waals surface area (Å²) in [5.41, 5.74) is 5.95. The van der Waals surface area contributed by atoms with Crippen molar-refractivity contribution >= 4 is 27.1 Å². The highest BCUT2D eigenvalue weighted by atomic mass is 35.5. The van der Waals surface area contributed by atoms with Gasteiger partial charge in [-0.2, -0.15) is 0 Å². The van der Waals surface area contributed by atoms with Gasteiger partial charge in [0.05, 0.1) is 16.3 Å². The smallest absolute Gasteiger partial charge is 0.180 e. The number of nitrogens with two attached hydrogens (primary N) is 1. The lowest BCUT2D eigenvalue weighted by Gasteiger charge is -2.07. The highest BCUT2D eigenvalue weighted by Gasteiger charge is 2.17. The summed E-state index contributed by atoms with van der Waals surface area (Å²) < 4.78 is 24.3. The zero-order valence-electron chi connectivity index (χ0n) is 11.4. The predicted molar refractivity (Wildman–Crippen MR) is 81.3 cm³/mol. The second-order valence-electron chi connectivity index (χ2n) is 4.77. The van der Waals surface area contributed by atoms with E-state index in [0.717, 1.165) is 12.8 Å². The molecule has 1 aromatic carbocycles. The molecule has 0 fully saturated rings. The molecule has 108 valence electrons. The van der Waals surface area contributed by atoms with E-state index in [2.05, 4.69) is 6.92 Å². The first-order valence-corrected chi connectivity index (χ1v) is 8.78. The van der Waals surface area contributed by atoms with E-state index >= 15 is 0 Å². The van der Waals surface area contributed by atoms with Crippen LogP contribution in [0, 0.1) is 0 Å². The van der Waals surface area contributed by atoms with Gasteiger partial charge in [0.15, 0.2) is 9.84 Å². The van der Waals surface area contributed by atoms with Crippen molar-refractivity contribution in [3.05, 3.63) is 23.2 Å². The summed E-state index contributed by atoms with van der Waals surface area (Å²) in [6, 6.07) is 4.53. The molecular weight excluding hydrogens is 282 g/mol. The van der Waals surface area contributed by atoms with Gasteiger partial charge in [0.25, 0.3) is 0 Å². The Morgan fingerprint density at radius 2 is 1.74 bits per heavy atom. The summed E-state index contributed by atoms with van der Waals surface area (Å²) in [5, 5.41) is 0.455. The van der Waals surface area contributed by atoms with Crippen LogP contribution in [0.15, 0.2) is 23.1 Å². The maximum absolute atomic E-state index is 12.1. The van der Waals surface area contributed by atoms with Crippen LogP contribution in [0.2, 0.25) is 5.02 Å². The van der Waals surface area contributed by atoms with E-state index < -0.39 is 9.84 Å². The third kappa shape index (κ3) is 5.41. The lowest BCUT2D eigenvalue weighted by molar-refractivity contribution is 0.584. The molecule has 0 unspecified atom stereocenters. The molecule has 0 radical (unpaired) electrons. The monoisotopic (exact) mass is 303 g/mol. The standard InChI is InChI=1S/C14H22ClNO2S/c1-2-3-4-5-6-7-10-19(17,18)14-9-8-12(15)11-13(14)16/h8-9,11H,2-7,10,16H2,1H3. The van der Waals surface area contributed by atoms with Gasteiger partial charge in [0, 0.05) is 5.02 Å². The van der Waals surface area contributed by atoms with E-state index in [1.165, 1.54) is 31.4 Å². The molecule has 5 heteroatoms. The second kappa shape index (κ2) is 7.75. The fraction of sp³-hybridized carbons (Fsp3) is 0.571. The van der Waals surface area contributed by atoms with Gasteiger partial charge < -0.3 is 5.73 Å². The van der Waals surface area contributed by atoms with Crippen molar-refractivity contribution in [2.45, 2.75) is 50.3 Å². The molecule has 0 atom stereocenters. The van der Waals surface area contributed by atoms with Gasteiger partial charge in [-0.15, -0.1) is 0 Å². The third-order valence-corrected chi connectivity index (χ3v) is 5.18. The Hall–Kier alpha value is -0.740. The van der Waals surface area contributed by atoms with Gasteiger partial charge in [-0.3, -0.25) is 0 Å². The van der Waals surface area contributed by atoms with Crippen molar-refractivity contribution in [1.29, 1.82) is 0 Å². The van der Waals surface area contributed by atoms with Crippen LogP contribution < -0.4 is 5.73 Å². The number of nitrogen functional groups attached to an aromatic ring is 1. The number of hydrogen-bond acceptors (Lipinski definition) is 3. The van der Waals surface area contributed by atoms with Gasteiger partial charge in [0.2, 0.25) is 0 Å². The second-order valence-corrected chi connectivity index (χ2v) is 7.28. The van der Waals surface area contributed by atoms with E-state index in [1.807, 2.05) is 0 Å². The van der Waals surface area contributed by atoms with Gasteiger partial charge in [-0.05, 0) is 24.6 Å². The molecular formula is C14H22ClNO2S. The Bertz CT molecular complexity index is 500. The SMILES string of the molecule is CCCCCCCCS(=O)(=O)c1ccc(Cl)cc1N. The normalized spacial score (nSPS) is 11.7. The zero-order chi connectivity index (χ0) is 14.3. The Kier molecular flexibility index (Phi) is 6.66. The number of sulfone groups is 1. The first kappa shape index (κ1) is 16.3. The van der Waals surface area contributed by atoms with Gasteiger partial charge in [-0.1, -0.05) is 50.6 Å². The Morgan fingerprint density at radius 1 is 1.11 bits per heavy atom. The molecule has 0 aromatic heterocycles. The maximum atomic E-state index is 12.1. The Labute approximate surface area is 121 Å². The predicted octanol–water partition coefficient (Wildman–Crippen LogP) is 4.06. The topological polar surface area (TPSA) is 60.2 Å². The molecule has 1 rings (SSSR count). The van der Waals surface area contributed by atoms with Crippen molar-refractivity contribution in [1.82, 2.24) is 0 Å². The summed E-state index contributed by atoms with van der Waals surface area (Å²) in [6.07, 6.45) is 6.33. The van der Waals surface area contributed by atoms with Gasteiger partial charge in [-0.25, -0.2) is 8.42 Å². The van der Waals surface area contributed by atoms with Gasteiger partial charge in [0.1, 0.15) is 0 Å². The summed E-state index contributed by atoms with van der Waals surface area (Å²) >= 11 is 5.77. The molecule has 0 bridgehead atoms. The average Bonchev–Trinajstić information content (AvgIpc) is 2.33. The van der Waals surface area contributed by atoms with Crippen LogP contribution in [0.1, 0.15) is 45.4 Å². The summed E-state index contributed by atoms with van der Waals surface area (Å²) in [4.78, 5) is 0.199. The molecule has 0 spiro atoms. The fourth-order valence-electron chi connectivity index (χ4n) is 1.98. The summed E-state index contributed by atoms with van der Waals surface area (Å²) in [5.74, 6) is 0.158. The summed E-state index contributed by atoms with van der Waals surface area (Å²) in [6.45, 7) is 2.16. The average molecular weight is 304 g/mol. The van der Waals surface area contributed by atoms with Crippen LogP contribution in [0.3, 0.4) is 0 Å². The van der Waals surface area contributed by atoms with E-state index in [1.54, 1.807) is 6.07 Å². The molecule has 1 aromatic rings. The molecule has 0 amide bonds. The first-order valence-electron chi connectivity index (χ1n) is 6.75. The van der Waals surface area contributed by atoms with E-state index in [4.69, 9.17) is 17.3 Å². The molecule has 0 heterocycles. The molecule has 2 N–H and O–H groups in total. The number of rotatable bonds is 8. The van der Waals surface area contributed by atoms with Crippen molar-refractivity contribution in [3.63, 3.8) is 0 Å². The van der Waals surface area contributed by atoms with Crippen molar-refractivity contribution in [2.75, 3.05) is 11.5 Å². The number of hydrogen-bond donors (Lipinski definition) is 1. The minimum atomic E-state index is -3.28. The van der Waals surface area contributed by atoms with Crippen LogP contribution in [-0.2, 0) is 9.84 Å². The van der Waals surface area contributed by atoms with Crippen LogP contribution >= 0.6 is 11.6 Å². The highest BCUT2D eigenvalue weighted by Crippen LogP contribution is 2.24. The van der Waals surface area contributed by atoms with Crippen LogP contribution in [0.4, 0.5) is 5.69 Å². The zero-order valence-corrected chi connectivity index (χ0v) is 12.9. The minimum absolute atomic E-state index is 0.158. The highest BCUT2D eigenvalue weighted by molar-refractivity contribution is 7.91. The molecule has 0 aliphatic carbocycles. The maximum Gasteiger partial charge on any atom is 0.180 e. The molecule has 3 nitrogen and oxygen atoms in total. The van der Waals surface area contributed by atoms with Crippen molar-refractivity contribution in [3.8, 4) is 0 Å². The van der Waals surface area contributed by atoms with E-state index in [0.29, 0.717) is 11.4 Å². The molecule has 0 aliphatic rings. The number of anilines is 1. The minimum Gasteiger partial charge on any atom is -0.398 e. The lowest BCUT2D eigenvalue weighted by Crippen LogP contribution is -2.09. The van der Waals surface area contributed by atoms with Crippen molar-refractivity contribution < 1.29 is 8.42 Å². The molecule has 19 heavy (non-hydrogen) atoms. The van der Waals surface area contributed by atoms with Gasteiger partial charge >= 0.3 is 0 Å². The number of halogens is 1. The van der Waals surface area contributed by atoms with E-state index in [-0.39, 0.29) is 16.3 Å². The first-order chi connectivity index (χ1) is 8.97. The quantitative estimate of drug-likeness (QED) is 0.582. The van der Waals surface area contributed by atoms with Crippen LogP contribution in [-0.4, -0.2) is 14.2 Å². The number of unbranched alkanes of at least 4 members (excludes halogenated alkanes) is 5. The summed E-state index contributed by atoms with van der Waals surface area (Å²) in [7, 11) is -3.28. The van der Waals surface area contributed by atoms with Crippen LogP contribution in [0.5, 0.6) is 0 Å². The van der Waals surface area contributed by atoms with E-state index in [9.17, 15) is 8.42 Å². The number of benzene rings is 1. The molecule has 0 saturated heterocycles. The fourth-order valence-corrected chi connectivity index (χ4v) is 3.66. The van der Waals surface area contributed by atoms with Crippen LogP contribution in [0.25, 0.3) is 0 Å². The third-order valence-electron chi connectivity index (χ3n) is 3.07. The largest absolute Gasteiger partial charge is 0.398 e.